The third-order valence-electron chi connectivity index (χ3n) is 4.65. The van der Waals surface area contributed by atoms with Crippen LogP contribution in [0.15, 0.2) is 22.7 Å². The van der Waals surface area contributed by atoms with Crippen molar-refractivity contribution < 1.29 is 4.79 Å². The van der Waals surface area contributed by atoms with Crippen molar-refractivity contribution in [2.75, 3.05) is 13.1 Å². The van der Waals surface area contributed by atoms with E-state index in [0.717, 1.165) is 48.0 Å². The van der Waals surface area contributed by atoms with Gasteiger partial charge in [0.1, 0.15) is 0 Å². The Labute approximate surface area is 124 Å². The standard InChI is InChI=1S/C16H22BrNO/c1-4-16(5-2)9-10-18(11-16)15(19)13-8-6-7-12(3)14(13)17/h6-8H,4-5,9-11H2,1-3H3. The van der Waals surface area contributed by atoms with E-state index in [-0.39, 0.29) is 5.91 Å². The summed E-state index contributed by atoms with van der Waals surface area (Å²) in [6.45, 7) is 8.29. The van der Waals surface area contributed by atoms with E-state index in [4.69, 9.17) is 0 Å². The molecule has 1 aromatic carbocycles. The van der Waals surface area contributed by atoms with Gasteiger partial charge in [-0.15, -0.1) is 0 Å². The van der Waals surface area contributed by atoms with Crippen molar-refractivity contribution in [2.24, 2.45) is 5.41 Å². The molecule has 2 rings (SSSR count). The van der Waals surface area contributed by atoms with Gasteiger partial charge in [0, 0.05) is 17.6 Å². The van der Waals surface area contributed by atoms with Crippen molar-refractivity contribution in [2.45, 2.75) is 40.0 Å². The fraction of sp³-hybridized carbons (Fsp3) is 0.562. The molecule has 0 N–H and O–H groups in total. The summed E-state index contributed by atoms with van der Waals surface area (Å²) in [5.74, 6) is 0.166. The van der Waals surface area contributed by atoms with Crippen LogP contribution in [0.5, 0.6) is 0 Å². The summed E-state index contributed by atoms with van der Waals surface area (Å²) < 4.78 is 0.936. The van der Waals surface area contributed by atoms with Crippen molar-refractivity contribution in [3.05, 3.63) is 33.8 Å². The third kappa shape index (κ3) is 2.71. The molecule has 0 bridgehead atoms. The molecule has 0 radical (unpaired) electrons. The molecule has 19 heavy (non-hydrogen) atoms. The van der Waals surface area contributed by atoms with Crippen LogP contribution in [-0.2, 0) is 0 Å². The number of halogens is 1. The van der Waals surface area contributed by atoms with Crippen molar-refractivity contribution in [1.82, 2.24) is 4.90 Å². The highest BCUT2D eigenvalue weighted by molar-refractivity contribution is 9.10. The van der Waals surface area contributed by atoms with Gasteiger partial charge >= 0.3 is 0 Å². The van der Waals surface area contributed by atoms with E-state index in [2.05, 4.69) is 29.8 Å². The van der Waals surface area contributed by atoms with Crippen LogP contribution in [0.1, 0.15) is 49.0 Å². The number of nitrogens with zero attached hydrogens (tertiary/aromatic N) is 1. The Morgan fingerprint density at radius 1 is 1.37 bits per heavy atom. The van der Waals surface area contributed by atoms with Gasteiger partial charge in [-0.1, -0.05) is 26.0 Å². The Kier molecular flexibility index (Phi) is 4.34. The summed E-state index contributed by atoms with van der Waals surface area (Å²) in [6.07, 6.45) is 3.44. The molecule has 1 aliphatic heterocycles. The lowest BCUT2D eigenvalue weighted by Gasteiger charge is -2.26. The summed E-state index contributed by atoms with van der Waals surface area (Å²) in [6, 6.07) is 5.89. The highest BCUT2D eigenvalue weighted by Crippen LogP contribution is 2.38. The number of carbonyl (C=O) groups excluding carboxylic acids is 1. The zero-order valence-corrected chi connectivity index (χ0v) is 13.6. The zero-order chi connectivity index (χ0) is 14.0. The van der Waals surface area contributed by atoms with Crippen molar-refractivity contribution in [1.29, 1.82) is 0 Å². The molecule has 0 atom stereocenters. The van der Waals surface area contributed by atoms with Gasteiger partial charge in [-0.2, -0.15) is 0 Å². The Morgan fingerprint density at radius 3 is 2.63 bits per heavy atom. The first-order valence-electron chi connectivity index (χ1n) is 7.07. The van der Waals surface area contributed by atoms with Gasteiger partial charge in [0.2, 0.25) is 0 Å². The molecule has 1 aromatic rings. The maximum absolute atomic E-state index is 12.6. The van der Waals surface area contributed by atoms with Crippen molar-refractivity contribution >= 4 is 21.8 Å². The molecule has 1 aliphatic rings. The lowest BCUT2D eigenvalue weighted by molar-refractivity contribution is 0.0769. The van der Waals surface area contributed by atoms with E-state index in [1.165, 1.54) is 0 Å². The monoisotopic (exact) mass is 323 g/mol. The van der Waals surface area contributed by atoms with E-state index >= 15 is 0 Å². The third-order valence-corrected chi connectivity index (χ3v) is 5.70. The SMILES string of the molecule is CCC1(CC)CCN(C(=O)c2cccc(C)c2Br)C1. The quantitative estimate of drug-likeness (QED) is 0.806. The van der Waals surface area contributed by atoms with E-state index in [1.54, 1.807) is 0 Å². The number of hydrogen-bond acceptors (Lipinski definition) is 1. The van der Waals surface area contributed by atoms with Gasteiger partial charge in [0.25, 0.3) is 5.91 Å². The van der Waals surface area contributed by atoms with E-state index < -0.39 is 0 Å². The first-order valence-corrected chi connectivity index (χ1v) is 7.86. The van der Waals surface area contributed by atoms with Crippen LogP contribution >= 0.6 is 15.9 Å². The molecule has 104 valence electrons. The normalized spacial score (nSPS) is 17.8. The summed E-state index contributed by atoms with van der Waals surface area (Å²) in [7, 11) is 0. The molecule has 1 saturated heterocycles. The Bertz CT molecular complexity index is 480. The molecule has 0 aromatic heterocycles. The summed E-state index contributed by atoms with van der Waals surface area (Å²) in [5.41, 5.74) is 2.25. The van der Waals surface area contributed by atoms with Gasteiger partial charge in [-0.3, -0.25) is 4.79 Å². The highest BCUT2D eigenvalue weighted by atomic mass is 79.9. The Morgan fingerprint density at radius 2 is 2.05 bits per heavy atom. The molecule has 0 unspecified atom stereocenters. The number of rotatable bonds is 3. The average Bonchev–Trinajstić information content (AvgIpc) is 2.86. The average molecular weight is 324 g/mol. The van der Waals surface area contributed by atoms with Gasteiger partial charge in [-0.05, 0) is 59.2 Å². The minimum absolute atomic E-state index is 0.166. The molecule has 1 amide bonds. The second-order valence-corrected chi connectivity index (χ2v) is 6.41. The molecule has 1 fully saturated rings. The van der Waals surface area contributed by atoms with Crippen LogP contribution in [-0.4, -0.2) is 23.9 Å². The van der Waals surface area contributed by atoms with Crippen molar-refractivity contribution in [3.63, 3.8) is 0 Å². The Balaban J connectivity index is 2.20. The second-order valence-electron chi connectivity index (χ2n) is 5.62. The fourth-order valence-corrected chi connectivity index (χ4v) is 3.35. The predicted octanol–water partition coefficient (Wildman–Crippen LogP) is 4.41. The molecular weight excluding hydrogens is 302 g/mol. The van der Waals surface area contributed by atoms with E-state index in [1.807, 2.05) is 30.0 Å². The molecule has 0 saturated carbocycles. The number of aryl methyl sites for hydroxylation is 1. The smallest absolute Gasteiger partial charge is 0.255 e. The number of benzene rings is 1. The zero-order valence-electron chi connectivity index (χ0n) is 12.0. The minimum atomic E-state index is 0.166. The fourth-order valence-electron chi connectivity index (χ4n) is 2.92. The lowest BCUT2D eigenvalue weighted by atomic mass is 9.82. The van der Waals surface area contributed by atoms with Crippen LogP contribution in [0.3, 0.4) is 0 Å². The minimum Gasteiger partial charge on any atom is -0.338 e. The van der Waals surface area contributed by atoms with Gasteiger partial charge < -0.3 is 4.90 Å². The number of carbonyl (C=O) groups is 1. The van der Waals surface area contributed by atoms with Gasteiger partial charge in [0.05, 0.1) is 5.56 Å². The maximum Gasteiger partial charge on any atom is 0.255 e. The van der Waals surface area contributed by atoms with Crippen LogP contribution < -0.4 is 0 Å². The van der Waals surface area contributed by atoms with Crippen LogP contribution in [0, 0.1) is 12.3 Å². The first-order chi connectivity index (χ1) is 9.03. The largest absolute Gasteiger partial charge is 0.338 e. The molecule has 0 aliphatic carbocycles. The number of hydrogen-bond donors (Lipinski definition) is 0. The molecule has 0 spiro atoms. The van der Waals surface area contributed by atoms with Gasteiger partial charge in [0.15, 0.2) is 0 Å². The second kappa shape index (κ2) is 5.66. The predicted molar refractivity (Wildman–Crippen MR) is 82.4 cm³/mol. The van der Waals surface area contributed by atoms with Crippen LogP contribution in [0.4, 0.5) is 0 Å². The molecular formula is C16H22BrNO. The summed E-state index contributed by atoms with van der Waals surface area (Å²) in [5, 5.41) is 0. The van der Waals surface area contributed by atoms with E-state index in [9.17, 15) is 4.79 Å². The summed E-state index contributed by atoms with van der Waals surface area (Å²) in [4.78, 5) is 14.7. The topological polar surface area (TPSA) is 20.3 Å². The van der Waals surface area contributed by atoms with Crippen LogP contribution in [0.25, 0.3) is 0 Å². The lowest BCUT2D eigenvalue weighted by Crippen LogP contribution is -2.32. The number of amides is 1. The van der Waals surface area contributed by atoms with Crippen molar-refractivity contribution in [3.8, 4) is 0 Å². The van der Waals surface area contributed by atoms with E-state index in [0.29, 0.717) is 5.41 Å². The molecule has 3 heteroatoms. The molecule has 2 nitrogen and oxygen atoms in total. The maximum atomic E-state index is 12.6. The number of likely N-dealkylation sites (tertiary alicyclic amines) is 1. The Hall–Kier alpha value is -0.830. The van der Waals surface area contributed by atoms with Gasteiger partial charge in [-0.25, -0.2) is 0 Å². The first kappa shape index (κ1) is 14.6. The highest BCUT2D eigenvalue weighted by Gasteiger charge is 2.37. The molecule has 1 heterocycles. The van der Waals surface area contributed by atoms with Crippen LogP contribution in [0.2, 0.25) is 0 Å². The summed E-state index contributed by atoms with van der Waals surface area (Å²) >= 11 is 3.54.